The van der Waals surface area contributed by atoms with E-state index < -0.39 is 10.5 Å². The molecule has 0 atom stereocenters. The number of halogens is 1. The van der Waals surface area contributed by atoms with Crippen LogP contribution in [0.4, 0.5) is 5.69 Å². The van der Waals surface area contributed by atoms with Crippen molar-refractivity contribution in [1.82, 2.24) is 5.32 Å². The molecule has 7 heteroatoms. The second-order valence-electron chi connectivity index (χ2n) is 4.96. The molecular formula is C14H13ClN2O3S. The number of amides is 1. The molecule has 0 radical (unpaired) electrons. The van der Waals surface area contributed by atoms with Crippen LogP contribution < -0.4 is 5.32 Å². The minimum absolute atomic E-state index is 0.0213. The molecule has 0 aliphatic rings. The Hall–Kier alpha value is -1.92. The van der Waals surface area contributed by atoms with E-state index in [1.54, 1.807) is 44.2 Å². The van der Waals surface area contributed by atoms with Gasteiger partial charge in [0.05, 0.1) is 25.2 Å². The van der Waals surface area contributed by atoms with Crippen molar-refractivity contribution in [2.24, 2.45) is 0 Å². The molecule has 110 valence electrons. The van der Waals surface area contributed by atoms with Crippen LogP contribution in [0.15, 0.2) is 36.4 Å². The van der Waals surface area contributed by atoms with Gasteiger partial charge in [0.2, 0.25) is 0 Å². The topological polar surface area (TPSA) is 72.2 Å². The number of carbonyl (C=O) groups is 1. The van der Waals surface area contributed by atoms with E-state index in [4.69, 9.17) is 11.6 Å². The zero-order valence-electron chi connectivity index (χ0n) is 11.4. The molecule has 0 fully saturated rings. The van der Waals surface area contributed by atoms with Gasteiger partial charge >= 0.3 is 0 Å². The number of carbonyl (C=O) groups excluding carboxylic acids is 1. The number of hydrogen-bond acceptors (Lipinski definition) is 4. The van der Waals surface area contributed by atoms with E-state index in [9.17, 15) is 14.9 Å². The molecule has 1 amide bonds. The number of hydrogen-bond donors (Lipinski definition) is 1. The Labute approximate surface area is 130 Å². The predicted octanol–water partition coefficient (Wildman–Crippen LogP) is 3.97. The Kier molecular flexibility index (Phi) is 4.29. The first kappa shape index (κ1) is 15.5. The van der Waals surface area contributed by atoms with Gasteiger partial charge in [-0.25, -0.2) is 0 Å². The molecule has 2 aromatic rings. The number of thiophene rings is 1. The Morgan fingerprint density at radius 1 is 1.29 bits per heavy atom. The largest absolute Gasteiger partial charge is 0.342 e. The number of nitrogens with zero attached hydrogens (tertiary/aromatic N) is 1. The zero-order valence-corrected chi connectivity index (χ0v) is 13.0. The van der Waals surface area contributed by atoms with E-state index in [1.165, 1.54) is 6.07 Å². The normalized spacial score (nSPS) is 11.2. The number of nitro benzene ring substituents is 1. The molecule has 1 N–H and O–H groups in total. The standard InChI is InChI=1S/C14H13ClN2O3S/c1-14(2,9-5-3-4-6-10(9)17(19)20)16-13(18)11-7-8-12(15)21-11/h3-8H,1-2H3,(H,16,18). The van der Waals surface area contributed by atoms with E-state index >= 15 is 0 Å². The number of nitro groups is 1. The van der Waals surface area contributed by atoms with Crippen LogP contribution in [0.1, 0.15) is 29.1 Å². The molecule has 1 aromatic carbocycles. The Morgan fingerprint density at radius 3 is 2.52 bits per heavy atom. The summed E-state index contributed by atoms with van der Waals surface area (Å²) in [6.07, 6.45) is 0. The third-order valence-electron chi connectivity index (χ3n) is 3.00. The van der Waals surface area contributed by atoms with Crippen LogP contribution in [0, 0.1) is 10.1 Å². The van der Waals surface area contributed by atoms with Crippen LogP contribution in [-0.4, -0.2) is 10.8 Å². The van der Waals surface area contributed by atoms with Crippen molar-refractivity contribution in [2.75, 3.05) is 0 Å². The summed E-state index contributed by atoms with van der Waals surface area (Å²) >= 11 is 6.97. The van der Waals surface area contributed by atoms with Crippen molar-refractivity contribution in [1.29, 1.82) is 0 Å². The van der Waals surface area contributed by atoms with Crippen LogP contribution in [0.2, 0.25) is 4.34 Å². The molecule has 0 spiro atoms. The fourth-order valence-electron chi connectivity index (χ4n) is 2.01. The highest BCUT2D eigenvalue weighted by Gasteiger charge is 2.30. The quantitative estimate of drug-likeness (QED) is 0.683. The summed E-state index contributed by atoms with van der Waals surface area (Å²) in [6.45, 7) is 3.45. The van der Waals surface area contributed by atoms with Crippen LogP contribution >= 0.6 is 22.9 Å². The molecular weight excluding hydrogens is 312 g/mol. The van der Waals surface area contributed by atoms with Gasteiger partial charge in [0.1, 0.15) is 0 Å². The van der Waals surface area contributed by atoms with Crippen molar-refractivity contribution in [2.45, 2.75) is 19.4 Å². The molecule has 0 aliphatic heterocycles. The lowest BCUT2D eigenvalue weighted by Crippen LogP contribution is -2.41. The second-order valence-corrected chi connectivity index (χ2v) is 6.67. The molecule has 0 aliphatic carbocycles. The molecule has 0 saturated heterocycles. The Bertz CT molecular complexity index is 697. The molecule has 1 aromatic heterocycles. The lowest BCUT2D eigenvalue weighted by molar-refractivity contribution is -0.386. The van der Waals surface area contributed by atoms with E-state index in [0.29, 0.717) is 14.8 Å². The van der Waals surface area contributed by atoms with E-state index in [0.717, 1.165) is 11.3 Å². The number of benzene rings is 1. The summed E-state index contributed by atoms with van der Waals surface area (Å²) in [5.41, 5.74) is -0.449. The van der Waals surface area contributed by atoms with Gasteiger partial charge in [-0.1, -0.05) is 23.7 Å². The van der Waals surface area contributed by atoms with Gasteiger partial charge in [-0.05, 0) is 32.0 Å². The first-order valence-corrected chi connectivity index (χ1v) is 7.32. The Balaban J connectivity index is 2.30. The molecule has 21 heavy (non-hydrogen) atoms. The third kappa shape index (κ3) is 3.40. The fourth-order valence-corrected chi connectivity index (χ4v) is 2.95. The summed E-state index contributed by atoms with van der Waals surface area (Å²) in [6, 6.07) is 9.62. The molecule has 0 bridgehead atoms. The van der Waals surface area contributed by atoms with Gasteiger partial charge < -0.3 is 5.32 Å². The van der Waals surface area contributed by atoms with Crippen molar-refractivity contribution in [3.63, 3.8) is 0 Å². The van der Waals surface area contributed by atoms with Gasteiger partial charge in [0.15, 0.2) is 0 Å². The lowest BCUT2D eigenvalue weighted by atomic mass is 9.92. The summed E-state index contributed by atoms with van der Waals surface area (Å²) < 4.78 is 0.517. The van der Waals surface area contributed by atoms with E-state index in [1.807, 2.05) is 0 Å². The summed E-state index contributed by atoms with van der Waals surface area (Å²) in [5, 5.41) is 13.9. The molecule has 2 rings (SSSR count). The number of nitrogens with one attached hydrogen (secondary N) is 1. The van der Waals surface area contributed by atoms with Crippen molar-refractivity contribution < 1.29 is 9.72 Å². The highest BCUT2D eigenvalue weighted by atomic mass is 35.5. The van der Waals surface area contributed by atoms with E-state index in [2.05, 4.69) is 5.32 Å². The van der Waals surface area contributed by atoms with Crippen LogP contribution in [0.3, 0.4) is 0 Å². The maximum absolute atomic E-state index is 12.2. The maximum atomic E-state index is 12.2. The molecule has 0 unspecified atom stereocenters. The molecule has 0 saturated carbocycles. The highest BCUT2D eigenvalue weighted by molar-refractivity contribution is 7.18. The van der Waals surface area contributed by atoms with Crippen LogP contribution in [0.25, 0.3) is 0 Å². The highest BCUT2D eigenvalue weighted by Crippen LogP contribution is 2.30. The van der Waals surface area contributed by atoms with Gasteiger partial charge in [-0.2, -0.15) is 0 Å². The van der Waals surface area contributed by atoms with Gasteiger partial charge in [0.25, 0.3) is 11.6 Å². The third-order valence-corrected chi connectivity index (χ3v) is 4.23. The molecule has 1 heterocycles. The number of para-hydroxylation sites is 1. The van der Waals surface area contributed by atoms with Crippen molar-refractivity contribution in [3.05, 3.63) is 61.3 Å². The first-order valence-electron chi connectivity index (χ1n) is 6.13. The lowest BCUT2D eigenvalue weighted by Gasteiger charge is -2.26. The summed E-state index contributed by atoms with van der Waals surface area (Å²) in [4.78, 5) is 23.3. The smallest absolute Gasteiger partial charge is 0.274 e. The Morgan fingerprint density at radius 2 is 1.95 bits per heavy atom. The van der Waals surface area contributed by atoms with Gasteiger partial charge in [-0.15, -0.1) is 11.3 Å². The van der Waals surface area contributed by atoms with Crippen molar-refractivity contribution >= 4 is 34.5 Å². The minimum Gasteiger partial charge on any atom is -0.342 e. The van der Waals surface area contributed by atoms with Crippen LogP contribution in [0.5, 0.6) is 0 Å². The number of rotatable bonds is 4. The van der Waals surface area contributed by atoms with Gasteiger partial charge in [-0.3, -0.25) is 14.9 Å². The van der Waals surface area contributed by atoms with Crippen molar-refractivity contribution in [3.8, 4) is 0 Å². The van der Waals surface area contributed by atoms with Gasteiger partial charge in [0, 0.05) is 6.07 Å². The average molecular weight is 325 g/mol. The minimum atomic E-state index is -0.878. The molecule has 5 nitrogen and oxygen atoms in total. The fraction of sp³-hybridized carbons (Fsp3) is 0.214. The average Bonchev–Trinajstić information content (AvgIpc) is 2.85. The summed E-state index contributed by atoms with van der Waals surface area (Å²) in [7, 11) is 0. The summed E-state index contributed by atoms with van der Waals surface area (Å²) in [5.74, 6) is -0.310. The predicted molar refractivity (Wildman–Crippen MR) is 82.9 cm³/mol. The second kappa shape index (κ2) is 5.83. The van der Waals surface area contributed by atoms with Crippen LogP contribution in [-0.2, 0) is 5.54 Å². The monoisotopic (exact) mass is 324 g/mol. The van der Waals surface area contributed by atoms with E-state index in [-0.39, 0.29) is 11.6 Å². The zero-order chi connectivity index (χ0) is 15.6. The SMILES string of the molecule is CC(C)(NC(=O)c1ccc(Cl)s1)c1ccccc1[N+](=O)[O-]. The first-order chi connectivity index (χ1) is 9.81. The maximum Gasteiger partial charge on any atom is 0.274 e.